The van der Waals surface area contributed by atoms with Crippen LogP contribution in [-0.4, -0.2) is 58.1 Å². The van der Waals surface area contributed by atoms with Crippen LogP contribution in [0.1, 0.15) is 33.1 Å². The zero-order valence-corrected chi connectivity index (χ0v) is 14.8. The monoisotopic (exact) mass is 349 g/mol. The summed E-state index contributed by atoms with van der Waals surface area (Å²) >= 11 is 0. The number of hydrogen-bond acceptors (Lipinski definition) is 5. The van der Waals surface area contributed by atoms with Crippen molar-refractivity contribution in [2.24, 2.45) is 0 Å². The minimum atomic E-state index is -3.22. The van der Waals surface area contributed by atoms with Gasteiger partial charge in [-0.2, -0.15) is 4.31 Å². The number of piperidine rings is 1. The fraction of sp³-hybridized carbons (Fsp3) is 0.625. The highest BCUT2D eigenvalue weighted by atomic mass is 32.2. The average molecular weight is 349 g/mol. The van der Waals surface area contributed by atoms with Crippen molar-refractivity contribution in [1.29, 1.82) is 0 Å². The van der Waals surface area contributed by atoms with E-state index in [9.17, 15) is 8.42 Å². The number of aromatic nitrogens is 3. The van der Waals surface area contributed by atoms with Crippen molar-refractivity contribution < 1.29 is 8.42 Å². The van der Waals surface area contributed by atoms with Gasteiger partial charge in [-0.05, 0) is 39.2 Å². The molecular weight excluding hydrogens is 326 g/mol. The molecule has 8 heteroatoms. The zero-order chi connectivity index (χ0) is 16.9. The number of sulfonamides is 1. The first-order valence-electron chi connectivity index (χ1n) is 8.55. The van der Waals surface area contributed by atoms with E-state index in [0.717, 1.165) is 42.7 Å². The van der Waals surface area contributed by atoms with Gasteiger partial charge in [0.1, 0.15) is 17.8 Å². The zero-order valence-electron chi connectivity index (χ0n) is 14.0. The first-order chi connectivity index (χ1) is 11.5. The van der Waals surface area contributed by atoms with Crippen LogP contribution in [0.3, 0.4) is 0 Å². The number of H-pyrrole nitrogens is 1. The maximum absolute atomic E-state index is 12.7. The summed E-state index contributed by atoms with van der Waals surface area (Å²) in [4.78, 5) is 14.2. The highest BCUT2D eigenvalue weighted by molar-refractivity contribution is 7.89. The Morgan fingerprint density at radius 2 is 2.04 bits per heavy atom. The van der Waals surface area contributed by atoms with E-state index in [1.165, 1.54) is 0 Å². The number of aromatic amines is 1. The molecule has 0 amide bonds. The fourth-order valence-electron chi connectivity index (χ4n) is 4.08. The lowest BCUT2D eigenvalue weighted by molar-refractivity contribution is 0.242. The van der Waals surface area contributed by atoms with Gasteiger partial charge in [0.2, 0.25) is 10.0 Å². The van der Waals surface area contributed by atoms with E-state index in [4.69, 9.17) is 0 Å². The summed E-state index contributed by atoms with van der Waals surface area (Å²) in [5.41, 5.74) is 0.825. The lowest BCUT2D eigenvalue weighted by Gasteiger charge is -2.40. The molecule has 2 fully saturated rings. The number of nitrogens with one attached hydrogen (secondary N) is 1. The second kappa shape index (κ2) is 5.70. The molecule has 0 aliphatic carbocycles. The standard InChI is InChI=1S/C16H23N5O2S/c1-11(2)24(22,23)21-8-3-4-13-14(21)6-9-20(13)16-12-5-7-17-15(12)18-10-19-16/h5,7,10-11,13-14H,3-4,6,8-9H2,1-2H3,(H,17,18,19)/t13-,14?/m1/s1. The van der Waals surface area contributed by atoms with Crippen LogP contribution in [0.5, 0.6) is 0 Å². The molecule has 4 heterocycles. The predicted molar refractivity (Wildman–Crippen MR) is 93.4 cm³/mol. The molecule has 7 nitrogen and oxygen atoms in total. The molecule has 0 bridgehead atoms. The third kappa shape index (κ3) is 2.31. The largest absolute Gasteiger partial charge is 0.351 e. The van der Waals surface area contributed by atoms with Gasteiger partial charge < -0.3 is 9.88 Å². The van der Waals surface area contributed by atoms with Crippen molar-refractivity contribution in [3.8, 4) is 0 Å². The molecule has 1 unspecified atom stereocenters. The van der Waals surface area contributed by atoms with Crippen molar-refractivity contribution in [1.82, 2.24) is 19.3 Å². The lowest BCUT2D eigenvalue weighted by atomic mass is 9.99. The van der Waals surface area contributed by atoms with Crippen LogP contribution in [0.25, 0.3) is 11.0 Å². The van der Waals surface area contributed by atoms with Crippen molar-refractivity contribution in [2.45, 2.75) is 50.4 Å². The Morgan fingerprint density at radius 3 is 2.83 bits per heavy atom. The van der Waals surface area contributed by atoms with Gasteiger partial charge in [-0.3, -0.25) is 0 Å². The molecule has 2 atom stereocenters. The summed E-state index contributed by atoms with van der Waals surface area (Å²) in [6.07, 6.45) is 6.20. The quantitative estimate of drug-likeness (QED) is 0.913. The van der Waals surface area contributed by atoms with Crippen LogP contribution in [0.15, 0.2) is 18.6 Å². The van der Waals surface area contributed by atoms with Crippen LogP contribution in [0.2, 0.25) is 0 Å². The van der Waals surface area contributed by atoms with Crippen molar-refractivity contribution in [3.63, 3.8) is 0 Å². The predicted octanol–water partition coefficient (Wildman–Crippen LogP) is 1.74. The third-order valence-corrected chi connectivity index (χ3v) is 7.58. The molecule has 2 saturated heterocycles. The van der Waals surface area contributed by atoms with Gasteiger partial charge >= 0.3 is 0 Å². The molecule has 24 heavy (non-hydrogen) atoms. The number of hydrogen-bond donors (Lipinski definition) is 1. The minimum absolute atomic E-state index is 0.0510. The molecule has 0 aromatic carbocycles. The van der Waals surface area contributed by atoms with Gasteiger partial charge in [0.15, 0.2) is 0 Å². The van der Waals surface area contributed by atoms with E-state index in [2.05, 4.69) is 19.9 Å². The maximum atomic E-state index is 12.7. The van der Waals surface area contributed by atoms with E-state index >= 15 is 0 Å². The fourth-order valence-corrected chi connectivity index (χ4v) is 5.63. The van der Waals surface area contributed by atoms with Gasteiger partial charge in [-0.25, -0.2) is 18.4 Å². The Kier molecular flexibility index (Phi) is 3.76. The van der Waals surface area contributed by atoms with Crippen molar-refractivity contribution in [2.75, 3.05) is 18.0 Å². The second-order valence-electron chi connectivity index (χ2n) is 6.90. The van der Waals surface area contributed by atoms with Crippen molar-refractivity contribution >= 4 is 26.9 Å². The number of rotatable bonds is 3. The van der Waals surface area contributed by atoms with Gasteiger partial charge in [0.05, 0.1) is 10.6 Å². The lowest BCUT2D eigenvalue weighted by Crippen LogP contribution is -2.53. The molecule has 0 radical (unpaired) electrons. The Morgan fingerprint density at radius 1 is 1.21 bits per heavy atom. The number of anilines is 1. The molecule has 1 N–H and O–H groups in total. The van der Waals surface area contributed by atoms with E-state index in [1.54, 1.807) is 24.5 Å². The molecule has 4 rings (SSSR count). The van der Waals surface area contributed by atoms with Crippen LogP contribution in [-0.2, 0) is 10.0 Å². The van der Waals surface area contributed by atoms with Crippen LogP contribution < -0.4 is 4.90 Å². The topological polar surface area (TPSA) is 82.2 Å². The second-order valence-corrected chi connectivity index (χ2v) is 9.34. The van der Waals surface area contributed by atoms with Crippen molar-refractivity contribution in [3.05, 3.63) is 18.6 Å². The third-order valence-electron chi connectivity index (χ3n) is 5.29. The minimum Gasteiger partial charge on any atom is -0.351 e. The summed E-state index contributed by atoms with van der Waals surface area (Å²) in [5.74, 6) is 0.914. The van der Waals surface area contributed by atoms with Crippen LogP contribution in [0.4, 0.5) is 5.82 Å². The highest BCUT2D eigenvalue weighted by Gasteiger charge is 2.45. The van der Waals surface area contributed by atoms with Gasteiger partial charge in [0.25, 0.3) is 0 Å². The van der Waals surface area contributed by atoms with E-state index in [-0.39, 0.29) is 17.3 Å². The number of nitrogens with zero attached hydrogens (tertiary/aromatic N) is 4. The highest BCUT2D eigenvalue weighted by Crippen LogP contribution is 2.37. The summed E-state index contributed by atoms with van der Waals surface area (Å²) in [6.45, 7) is 4.99. The van der Waals surface area contributed by atoms with Gasteiger partial charge in [-0.15, -0.1) is 0 Å². The number of fused-ring (bicyclic) bond motifs is 2. The molecule has 2 aromatic rings. The Hall–Kier alpha value is -1.67. The summed E-state index contributed by atoms with van der Waals surface area (Å²) in [6, 6.07) is 2.24. The smallest absolute Gasteiger partial charge is 0.216 e. The Balaban J connectivity index is 1.69. The average Bonchev–Trinajstić information content (AvgIpc) is 3.20. The van der Waals surface area contributed by atoms with Gasteiger partial charge in [0, 0.05) is 31.4 Å². The summed E-state index contributed by atoms with van der Waals surface area (Å²) in [7, 11) is -3.22. The normalized spacial score (nSPS) is 25.5. The van der Waals surface area contributed by atoms with E-state index in [1.807, 2.05) is 12.3 Å². The van der Waals surface area contributed by atoms with Crippen LogP contribution in [0, 0.1) is 0 Å². The Bertz CT molecular complexity index is 847. The molecule has 2 aliphatic heterocycles. The molecular formula is C16H23N5O2S. The Labute approximate surface area is 142 Å². The van der Waals surface area contributed by atoms with E-state index < -0.39 is 10.0 Å². The first-order valence-corrected chi connectivity index (χ1v) is 10.1. The first kappa shape index (κ1) is 15.8. The van der Waals surface area contributed by atoms with Gasteiger partial charge in [-0.1, -0.05) is 0 Å². The molecule has 2 aromatic heterocycles. The summed E-state index contributed by atoms with van der Waals surface area (Å²) < 4.78 is 27.2. The SMILES string of the molecule is CC(C)S(=O)(=O)N1CCC[C@@H]2C1CCN2c1ncnc2[nH]ccc12. The van der Waals surface area contributed by atoms with E-state index in [0.29, 0.717) is 6.54 Å². The molecule has 130 valence electrons. The molecule has 2 aliphatic rings. The maximum Gasteiger partial charge on any atom is 0.216 e. The molecule has 0 spiro atoms. The molecule has 0 saturated carbocycles. The summed E-state index contributed by atoms with van der Waals surface area (Å²) in [5, 5.41) is 0.628. The van der Waals surface area contributed by atoms with Crippen LogP contribution >= 0.6 is 0 Å².